The molecule has 1 fully saturated rings. The van der Waals surface area contributed by atoms with Crippen LogP contribution in [0.4, 0.5) is 16.2 Å². The number of benzene rings is 2. The van der Waals surface area contributed by atoms with Gasteiger partial charge in [-0.1, -0.05) is 12.1 Å². The van der Waals surface area contributed by atoms with Crippen LogP contribution in [0.2, 0.25) is 0 Å². The Labute approximate surface area is 166 Å². The molecule has 148 valence electrons. The van der Waals surface area contributed by atoms with Gasteiger partial charge in [0, 0.05) is 45.1 Å². The molecule has 0 bridgehead atoms. The third kappa shape index (κ3) is 4.44. The van der Waals surface area contributed by atoms with Crippen LogP contribution in [0.5, 0.6) is 0 Å². The molecule has 0 atom stereocenters. The number of hydrogen-bond donors (Lipinski definition) is 0. The molecule has 2 amide bonds. The second-order valence-electron chi connectivity index (χ2n) is 7.00. The Balaban J connectivity index is 1.57. The minimum Gasteiger partial charge on any atom is -0.462 e. The van der Waals surface area contributed by atoms with Crippen molar-refractivity contribution >= 4 is 23.4 Å². The molecule has 2 aromatic rings. The van der Waals surface area contributed by atoms with Crippen LogP contribution in [0.15, 0.2) is 48.5 Å². The molecule has 1 aliphatic rings. The van der Waals surface area contributed by atoms with E-state index in [1.165, 1.54) is 11.3 Å². The highest BCUT2D eigenvalue weighted by Gasteiger charge is 2.29. The topological polar surface area (TPSA) is 53.1 Å². The van der Waals surface area contributed by atoms with E-state index >= 15 is 0 Å². The van der Waals surface area contributed by atoms with Crippen LogP contribution in [-0.4, -0.2) is 57.2 Å². The second kappa shape index (κ2) is 8.78. The largest absolute Gasteiger partial charge is 0.462 e. The molecule has 28 heavy (non-hydrogen) atoms. The Morgan fingerprint density at radius 2 is 1.71 bits per heavy atom. The Kier molecular flexibility index (Phi) is 6.19. The Bertz CT molecular complexity index is 816. The number of hydrogen-bond acceptors (Lipinski definition) is 4. The van der Waals surface area contributed by atoms with Crippen molar-refractivity contribution in [2.24, 2.45) is 0 Å². The molecule has 0 saturated carbocycles. The molecule has 0 N–H and O–H groups in total. The SMILES string of the molecule is CCOC(=O)c1ccc(N2CCN(CCc3ccc(N(C)C)cc3)C2=O)cc1. The summed E-state index contributed by atoms with van der Waals surface area (Å²) in [6.07, 6.45) is 0.828. The first-order valence-corrected chi connectivity index (χ1v) is 9.59. The van der Waals surface area contributed by atoms with E-state index in [9.17, 15) is 9.59 Å². The van der Waals surface area contributed by atoms with Crippen molar-refractivity contribution < 1.29 is 14.3 Å². The summed E-state index contributed by atoms with van der Waals surface area (Å²) in [5.41, 5.74) is 3.68. The minimum atomic E-state index is -0.344. The zero-order valence-corrected chi connectivity index (χ0v) is 16.7. The van der Waals surface area contributed by atoms with E-state index in [1.807, 2.05) is 19.0 Å². The Hall–Kier alpha value is -3.02. The van der Waals surface area contributed by atoms with Gasteiger partial charge in [-0.2, -0.15) is 0 Å². The predicted molar refractivity (Wildman–Crippen MR) is 111 cm³/mol. The van der Waals surface area contributed by atoms with Crippen molar-refractivity contribution in [3.05, 3.63) is 59.7 Å². The summed E-state index contributed by atoms with van der Waals surface area (Å²) >= 11 is 0. The Morgan fingerprint density at radius 3 is 2.32 bits per heavy atom. The molecule has 3 rings (SSSR count). The summed E-state index contributed by atoms with van der Waals surface area (Å²) in [5, 5.41) is 0. The summed E-state index contributed by atoms with van der Waals surface area (Å²) in [4.78, 5) is 30.2. The van der Waals surface area contributed by atoms with Crippen LogP contribution in [-0.2, 0) is 11.2 Å². The molecule has 0 radical (unpaired) electrons. The maximum absolute atomic E-state index is 12.7. The van der Waals surface area contributed by atoms with Gasteiger partial charge in [-0.3, -0.25) is 4.90 Å². The molecule has 6 nitrogen and oxygen atoms in total. The van der Waals surface area contributed by atoms with Gasteiger partial charge < -0.3 is 14.5 Å². The van der Waals surface area contributed by atoms with Gasteiger partial charge in [-0.05, 0) is 55.3 Å². The molecule has 0 aliphatic carbocycles. The highest BCUT2D eigenvalue weighted by molar-refractivity contribution is 5.95. The van der Waals surface area contributed by atoms with Crippen LogP contribution < -0.4 is 9.80 Å². The molecule has 1 saturated heterocycles. The van der Waals surface area contributed by atoms with Gasteiger partial charge in [-0.25, -0.2) is 9.59 Å². The van der Waals surface area contributed by atoms with E-state index in [1.54, 1.807) is 36.1 Å². The smallest absolute Gasteiger partial charge is 0.338 e. The number of carbonyl (C=O) groups excluding carboxylic acids is 2. The normalized spacial score (nSPS) is 13.8. The number of urea groups is 1. The van der Waals surface area contributed by atoms with Crippen molar-refractivity contribution in [1.82, 2.24) is 4.90 Å². The van der Waals surface area contributed by atoms with Crippen LogP contribution >= 0.6 is 0 Å². The number of rotatable bonds is 7. The van der Waals surface area contributed by atoms with Gasteiger partial charge in [0.15, 0.2) is 0 Å². The van der Waals surface area contributed by atoms with Crippen molar-refractivity contribution in [2.75, 3.05) is 50.1 Å². The van der Waals surface area contributed by atoms with Crippen LogP contribution in [0.3, 0.4) is 0 Å². The molecule has 0 aromatic heterocycles. The van der Waals surface area contributed by atoms with Gasteiger partial charge in [-0.15, -0.1) is 0 Å². The zero-order chi connectivity index (χ0) is 20.1. The zero-order valence-electron chi connectivity index (χ0n) is 16.7. The lowest BCUT2D eigenvalue weighted by molar-refractivity contribution is 0.0526. The third-order valence-electron chi connectivity index (χ3n) is 4.91. The summed E-state index contributed by atoms with van der Waals surface area (Å²) in [7, 11) is 4.04. The van der Waals surface area contributed by atoms with Gasteiger partial charge in [0.1, 0.15) is 0 Å². The van der Waals surface area contributed by atoms with Crippen LogP contribution in [0.1, 0.15) is 22.8 Å². The van der Waals surface area contributed by atoms with Crippen LogP contribution in [0, 0.1) is 0 Å². The molecule has 1 aliphatic heterocycles. The lowest BCUT2D eigenvalue weighted by Crippen LogP contribution is -2.33. The van der Waals surface area contributed by atoms with Gasteiger partial charge >= 0.3 is 12.0 Å². The van der Waals surface area contributed by atoms with Gasteiger partial charge in [0.25, 0.3) is 0 Å². The van der Waals surface area contributed by atoms with Crippen molar-refractivity contribution in [2.45, 2.75) is 13.3 Å². The fourth-order valence-corrected chi connectivity index (χ4v) is 3.25. The van der Waals surface area contributed by atoms with E-state index in [-0.39, 0.29) is 12.0 Å². The van der Waals surface area contributed by atoms with Gasteiger partial charge in [0.05, 0.1) is 12.2 Å². The van der Waals surface area contributed by atoms with Gasteiger partial charge in [0.2, 0.25) is 0 Å². The first-order valence-electron chi connectivity index (χ1n) is 9.59. The van der Waals surface area contributed by atoms with Crippen molar-refractivity contribution in [3.63, 3.8) is 0 Å². The molecular formula is C22H27N3O3. The third-order valence-corrected chi connectivity index (χ3v) is 4.91. The highest BCUT2D eigenvalue weighted by atomic mass is 16.5. The van der Waals surface area contributed by atoms with E-state index in [2.05, 4.69) is 29.2 Å². The van der Waals surface area contributed by atoms with E-state index in [0.717, 1.165) is 12.1 Å². The maximum Gasteiger partial charge on any atom is 0.338 e. The standard InChI is InChI=1S/C22H27N3O3/c1-4-28-21(26)18-7-11-20(12-8-18)25-16-15-24(22(25)27)14-13-17-5-9-19(10-6-17)23(2)3/h5-12H,4,13-16H2,1-3H3. The first kappa shape index (κ1) is 19.7. The molecule has 0 spiro atoms. The monoisotopic (exact) mass is 381 g/mol. The van der Waals surface area contributed by atoms with E-state index in [0.29, 0.717) is 31.8 Å². The first-order chi connectivity index (χ1) is 13.5. The fraction of sp³-hybridized carbons (Fsp3) is 0.364. The summed E-state index contributed by atoms with van der Waals surface area (Å²) in [6, 6.07) is 15.4. The number of esters is 1. The quantitative estimate of drug-likeness (QED) is 0.690. The van der Waals surface area contributed by atoms with E-state index in [4.69, 9.17) is 4.74 Å². The number of amides is 2. The molecule has 0 unspecified atom stereocenters. The maximum atomic E-state index is 12.7. The Morgan fingerprint density at radius 1 is 1.04 bits per heavy atom. The van der Waals surface area contributed by atoms with E-state index < -0.39 is 0 Å². The lowest BCUT2D eigenvalue weighted by Gasteiger charge is -2.19. The summed E-state index contributed by atoms with van der Waals surface area (Å²) in [5.74, 6) is -0.344. The number of carbonyl (C=O) groups is 2. The number of nitrogens with zero attached hydrogens (tertiary/aromatic N) is 3. The van der Waals surface area contributed by atoms with Crippen LogP contribution in [0.25, 0.3) is 0 Å². The molecule has 2 aromatic carbocycles. The summed E-state index contributed by atoms with van der Waals surface area (Å²) < 4.78 is 5.00. The summed E-state index contributed by atoms with van der Waals surface area (Å²) in [6.45, 7) is 4.17. The van der Waals surface area contributed by atoms with Crippen molar-refractivity contribution in [1.29, 1.82) is 0 Å². The molecular weight excluding hydrogens is 354 g/mol. The molecule has 1 heterocycles. The predicted octanol–water partition coefficient (Wildman–Crippen LogP) is 3.41. The lowest BCUT2D eigenvalue weighted by atomic mass is 10.1. The highest BCUT2D eigenvalue weighted by Crippen LogP contribution is 2.22. The average molecular weight is 381 g/mol. The fourth-order valence-electron chi connectivity index (χ4n) is 3.25. The number of anilines is 2. The van der Waals surface area contributed by atoms with Crippen molar-refractivity contribution in [3.8, 4) is 0 Å². The second-order valence-corrected chi connectivity index (χ2v) is 7.00. The number of ether oxygens (including phenoxy) is 1. The minimum absolute atomic E-state index is 0.00814. The molecule has 6 heteroatoms. The average Bonchev–Trinajstić information content (AvgIpc) is 3.07.